The van der Waals surface area contributed by atoms with Crippen molar-refractivity contribution in [2.75, 3.05) is 0 Å². The molecule has 0 atom stereocenters. The van der Waals surface area contributed by atoms with Gasteiger partial charge in [0.2, 0.25) is 5.16 Å². The van der Waals surface area contributed by atoms with E-state index in [0.717, 1.165) is 24.2 Å². The van der Waals surface area contributed by atoms with Crippen LogP contribution in [0.4, 0.5) is 10.1 Å². The summed E-state index contributed by atoms with van der Waals surface area (Å²) < 4.78 is 16.1. The lowest BCUT2D eigenvalue weighted by atomic mass is 10.2. The van der Waals surface area contributed by atoms with Gasteiger partial charge in [-0.3, -0.25) is 14.7 Å². The van der Waals surface area contributed by atoms with Gasteiger partial charge in [0.05, 0.1) is 15.6 Å². The number of aromatic nitrogens is 5. The molecular weight excluding hydrogens is 419 g/mol. The number of halogens is 2. The second kappa shape index (κ2) is 7.94. The smallest absolute Gasteiger partial charge is 0.267 e. The van der Waals surface area contributed by atoms with Crippen molar-refractivity contribution in [1.29, 1.82) is 0 Å². The summed E-state index contributed by atoms with van der Waals surface area (Å²) in [6.07, 6.45) is 2.18. The largest absolute Gasteiger partial charge is 0.305 e. The zero-order chi connectivity index (χ0) is 20.4. The predicted octanol–water partition coefficient (Wildman–Crippen LogP) is 4.58. The molecule has 8 nitrogen and oxygen atoms in total. The number of rotatable bonds is 5. The van der Waals surface area contributed by atoms with Crippen molar-refractivity contribution < 1.29 is 9.31 Å². The first-order valence-electron chi connectivity index (χ1n) is 8.14. The second-order valence-corrected chi connectivity index (χ2v) is 7.00. The molecule has 0 spiro atoms. The van der Waals surface area contributed by atoms with Crippen LogP contribution in [0.2, 0.25) is 5.02 Å². The molecule has 0 bridgehead atoms. The maximum absolute atomic E-state index is 14.6. The van der Waals surface area contributed by atoms with Crippen LogP contribution in [0, 0.1) is 15.9 Å². The summed E-state index contributed by atoms with van der Waals surface area (Å²) in [4.78, 5) is 18.1. The lowest BCUT2D eigenvalue weighted by molar-refractivity contribution is -0.385. The van der Waals surface area contributed by atoms with Crippen LogP contribution in [-0.4, -0.2) is 29.7 Å². The number of nitro groups is 1. The minimum absolute atomic E-state index is 0.200. The molecule has 29 heavy (non-hydrogen) atoms. The Hall–Kier alpha value is -3.37. The maximum Gasteiger partial charge on any atom is 0.305 e. The Kier molecular flexibility index (Phi) is 5.19. The summed E-state index contributed by atoms with van der Waals surface area (Å²) >= 11 is 7.30. The Labute approximate surface area is 172 Å². The van der Waals surface area contributed by atoms with Crippen LogP contribution in [0.1, 0.15) is 0 Å². The molecule has 144 valence electrons. The third-order valence-electron chi connectivity index (χ3n) is 3.85. The molecule has 0 saturated heterocycles. The van der Waals surface area contributed by atoms with E-state index in [9.17, 15) is 14.5 Å². The molecule has 0 unspecified atom stereocenters. The van der Waals surface area contributed by atoms with Gasteiger partial charge in [-0.15, -0.1) is 10.2 Å². The highest BCUT2D eigenvalue weighted by molar-refractivity contribution is 7.99. The first-order valence-corrected chi connectivity index (χ1v) is 9.33. The average Bonchev–Trinajstić information content (AvgIpc) is 3.12. The first-order chi connectivity index (χ1) is 14.0. The number of para-hydroxylation sites is 1. The molecule has 0 radical (unpaired) electrons. The molecule has 4 rings (SSSR count). The number of hydrogen-bond acceptors (Lipinski definition) is 7. The molecule has 0 amide bonds. The highest BCUT2D eigenvalue weighted by atomic mass is 35.5. The van der Waals surface area contributed by atoms with E-state index in [-0.39, 0.29) is 21.7 Å². The standard InChI is InChI=1S/C18H10ClFN6O2S/c19-13-6-2-1-5-12(13)16-23-24-18(25(16)15-8-4-3-7-14(15)20)29-17-21-9-11(10-22-17)26(27)28/h1-10H. The lowest BCUT2D eigenvalue weighted by Crippen LogP contribution is -2.03. The molecular formula is C18H10ClFN6O2S. The van der Waals surface area contributed by atoms with Crippen LogP contribution in [0.15, 0.2) is 71.2 Å². The van der Waals surface area contributed by atoms with Crippen LogP contribution in [0.3, 0.4) is 0 Å². The van der Waals surface area contributed by atoms with Crippen LogP contribution in [0.25, 0.3) is 17.1 Å². The van der Waals surface area contributed by atoms with Gasteiger partial charge in [0.25, 0.3) is 0 Å². The van der Waals surface area contributed by atoms with Crippen molar-refractivity contribution in [3.05, 3.63) is 81.9 Å². The van der Waals surface area contributed by atoms with Crippen LogP contribution < -0.4 is 0 Å². The van der Waals surface area contributed by atoms with E-state index in [2.05, 4.69) is 20.2 Å². The van der Waals surface area contributed by atoms with Gasteiger partial charge in [0.15, 0.2) is 11.0 Å². The molecule has 4 aromatic rings. The third kappa shape index (κ3) is 3.80. The van der Waals surface area contributed by atoms with E-state index in [0.29, 0.717) is 16.4 Å². The highest BCUT2D eigenvalue weighted by Gasteiger charge is 2.21. The molecule has 11 heteroatoms. The Morgan fingerprint density at radius 3 is 2.41 bits per heavy atom. The first kappa shape index (κ1) is 19.0. The van der Waals surface area contributed by atoms with E-state index in [1.54, 1.807) is 42.5 Å². The van der Waals surface area contributed by atoms with Gasteiger partial charge in [0, 0.05) is 5.56 Å². The van der Waals surface area contributed by atoms with Gasteiger partial charge in [0.1, 0.15) is 18.2 Å². The molecule has 0 aliphatic carbocycles. The maximum atomic E-state index is 14.6. The van der Waals surface area contributed by atoms with Gasteiger partial charge in [-0.05, 0) is 36.0 Å². The summed E-state index contributed by atoms with van der Waals surface area (Å²) in [7, 11) is 0. The Balaban J connectivity index is 1.83. The van der Waals surface area contributed by atoms with Gasteiger partial charge in [-0.1, -0.05) is 35.9 Å². The summed E-state index contributed by atoms with van der Waals surface area (Å²) in [5.41, 5.74) is 0.555. The molecule has 2 aromatic heterocycles. The monoisotopic (exact) mass is 428 g/mol. The third-order valence-corrected chi connectivity index (χ3v) is 5.02. The summed E-state index contributed by atoms with van der Waals surface area (Å²) in [5.74, 6) is -0.141. The predicted molar refractivity (Wildman–Crippen MR) is 105 cm³/mol. The van der Waals surface area contributed by atoms with E-state index in [4.69, 9.17) is 11.6 Å². The van der Waals surface area contributed by atoms with Crippen molar-refractivity contribution in [3.8, 4) is 17.1 Å². The van der Waals surface area contributed by atoms with Crippen LogP contribution in [0.5, 0.6) is 0 Å². The van der Waals surface area contributed by atoms with Gasteiger partial charge >= 0.3 is 5.69 Å². The van der Waals surface area contributed by atoms with Crippen molar-refractivity contribution in [3.63, 3.8) is 0 Å². The second-order valence-electron chi connectivity index (χ2n) is 5.66. The van der Waals surface area contributed by atoms with Gasteiger partial charge in [-0.2, -0.15) is 0 Å². The summed E-state index contributed by atoms with van der Waals surface area (Å²) in [5, 5.41) is 20.0. The Bertz CT molecular complexity index is 1200. The summed E-state index contributed by atoms with van der Waals surface area (Å²) in [6, 6.07) is 13.2. The molecule has 2 heterocycles. The zero-order valence-electron chi connectivity index (χ0n) is 14.4. The van der Waals surface area contributed by atoms with Gasteiger partial charge in [-0.25, -0.2) is 14.4 Å². The minimum atomic E-state index is -0.591. The topological polar surface area (TPSA) is 99.6 Å². The quantitative estimate of drug-likeness (QED) is 0.260. The fourth-order valence-corrected chi connectivity index (χ4v) is 3.49. The normalized spacial score (nSPS) is 10.8. The van der Waals surface area contributed by atoms with Crippen LogP contribution >= 0.6 is 23.4 Å². The minimum Gasteiger partial charge on any atom is -0.267 e. The molecule has 2 aromatic carbocycles. The van der Waals surface area contributed by atoms with Crippen molar-refractivity contribution in [2.24, 2.45) is 0 Å². The van der Waals surface area contributed by atoms with Gasteiger partial charge < -0.3 is 0 Å². The molecule has 0 aliphatic heterocycles. The average molecular weight is 429 g/mol. The fraction of sp³-hybridized carbons (Fsp3) is 0. The Morgan fingerprint density at radius 1 is 1.03 bits per heavy atom. The summed E-state index contributed by atoms with van der Waals surface area (Å²) in [6.45, 7) is 0. The van der Waals surface area contributed by atoms with Crippen LogP contribution in [-0.2, 0) is 0 Å². The van der Waals surface area contributed by atoms with Crippen molar-refractivity contribution >= 4 is 29.1 Å². The van der Waals surface area contributed by atoms with Crippen molar-refractivity contribution in [2.45, 2.75) is 10.3 Å². The highest BCUT2D eigenvalue weighted by Crippen LogP contribution is 2.34. The molecule has 0 fully saturated rings. The fourth-order valence-electron chi connectivity index (χ4n) is 2.54. The van der Waals surface area contributed by atoms with E-state index < -0.39 is 10.7 Å². The lowest BCUT2D eigenvalue weighted by Gasteiger charge is -2.11. The van der Waals surface area contributed by atoms with Crippen molar-refractivity contribution in [1.82, 2.24) is 24.7 Å². The van der Waals surface area contributed by atoms with E-state index >= 15 is 0 Å². The Morgan fingerprint density at radius 2 is 1.72 bits per heavy atom. The van der Waals surface area contributed by atoms with E-state index in [1.807, 2.05) is 0 Å². The number of nitrogens with zero attached hydrogens (tertiary/aromatic N) is 6. The number of benzene rings is 2. The molecule has 0 aliphatic rings. The SMILES string of the molecule is O=[N+]([O-])c1cnc(Sc2nnc(-c3ccccc3Cl)n2-c2ccccc2F)nc1. The zero-order valence-corrected chi connectivity index (χ0v) is 16.0. The number of hydrogen-bond donors (Lipinski definition) is 0. The van der Waals surface area contributed by atoms with E-state index in [1.165, 1.54) is 10.6 Å². The molecule has 0 saturated carbocycles. The molecule has 0 N–H and O–H groups in total.